The molecule has 102 valence electrons. The topological polar surface area (TPSA) is 83.1 Å². The molecular formula is C14H12N2O3S. The summed E-state index contributed by atoms with van der Waals surface area (Å²) in [6.07, 6.45) is 1.17. The van der Waals surface area contributed by atoms with Crippen molar-refractivity contribution in [3.05, 3.63) is 42.5 Å². The van der Waals surface area contributed by atoms with Crippen LogP contribution in [0.5, 0.6) is 5.75 Å². The molecule has 0 bridgehead atoms. The van der Waals surface area contributed by atoms with Crippen LogP contribution in [-0.2, 0) is 9.84 Å². The third-order valence-corrected chi connectivity index (χ3v) is 4.11. The highest BCUT2D eigenvalue weighted by Crippen LogP contribution is 2.24. The molecule has 20 heavy (non-hydrogen) atoms. The molecule has 0 fully saturated rings. The van der Waals surface area contributed by atoms with Crippen molar-refractivity contribution in [1.82, 2.24) is 9.97 Å². The highest BCUT2D eigenvalue weighted by molar-refractivity contribution is 7.90. The van der Waals surface area contributed by atoms with Crippen LogP contribution in [0.4, 0.5) is 0 Å². The molecule has 0 aliphatic rings. The Morgan fingerprint density at radius 2 is 1.95 bits per heavy atom. The molecule has 0 saturated carbocycles. The Balaban J connectivity index is 2.16. The van der Waals surface area contributed by atoms with E-state index >= 15 is 0 Å². The van der Waals surface area contributed by atoms with Crippen molar-refractivity contribution in [1.29, 1.82) is 0 Å². The van der Waals surface area contributed by atoms with E-state index in [4.69, 9.17) is 0 Å². The molecule has 6 heteroatoms. The summed E-state index contributed by atoms with van der Waals surface area (Å²) in [6, 6.07) is 11.4. The first-order chi connectivity index (χ1) is 9.43. The molecule has 0 aliphatic heterocycles. The number of H-pyrrole nitrogens is 1. The van der Waals surface area contributed by atoms with Gasteiger partial charge in [-0.2, -0.15) is 0 Å². The molecular weight excluding hydrogens is 276 g/mol. The molecule has 0 atom stereocenters. The summed E-state index contributed by atoms with van der Waals surface area (Å²) in [6.45, 7) is 0. The number of nitrogens with one attached hydrogen (secondary N) is 1. The predicted octanol–water partition coefficient (Wildman–Crippen LogP) is 2.34. The molecule has 0 saturated heterocycles. The Hall–Kier alpha value is -2.34. The van der Waals surface area contributed by atoms with Gasteiger partial charge < -0.3 is 10.1 Å². The van der Waals surface area contributed by atoms with Gasteiger partial charge in [-0.3, -0.25) is 0 Å². The zero-order valence-corrected chi connectivity index (χ0v) is 11.5. The van der Waals surface area contributed by atoms with Crippen molar-refractivity contribution in [2.24, 2.45) is 0 Å². The quantitative estimate of drug-likeness (QED) is 0.758. The van der Waals surface area contributed by atoms with Gasteiger partial charge in [0, 0.05) is 17.9 Å². The van der Waals surface area contributed by atoms with Gasteiger partial charge in [0.15, 0.2) is 9.84 Å². The zero-order valence-electron chi connectivity index (χ0n) is 10.7. The number of hydrogen-bond acceptors (Lipinski definition) is 4. The Bertz CT molecular complexity index is 898. The second-order valence-corrected chi connectivity index (χ2v) is 6.60. The predicted molar refractivity (Wildman–Crippen MR) is 76.3 cm³/mol. The molecule has 0 amide bonds. The lowest BCUT2D eigenvalue weighted by molar-refractivity contribution is 0.476. The first-order valence-electron chi connectivity index (χ1n) is 5.93. The maximum absolute atomic E-state index is 11.6. The van der Waals surface area contributed by atoms with Gasteiger partial charge in [0.2, 0.25) is 0 Å². The van der Waals surface area contributed by atoms with Gasteiger partial charge in [-0.15, -0.1) is 0 Å². The van der Waals surface area contributed by atoms with Crippen molar-refractivity contribution >= 4 is 20.9 Å². The molecule has 0 aliphatic carbocycles. The van der Waals surface area contributed by atoms with Crippen molar-refractivity contribution in [3.8, 4) is 17.1 Å². The fourth-order valence-electron chi connectivity index (χ4n) is 2.01. The molecule has 2 N–H and O–H groups in total. The Kier molecular flexibility index (Phi) is 2.76. The summed E-state index contributed by atoms with van der Waals surface area (Å²) < 4.78 is 23.1. The van der Waals surface area contributed by atoms with Crippen LogP contribution in [0.15, 0.2) is 47.4 Å². The average molecular weight is 288 g/mol. The summed E-state index contributed by atoms with van der Waals surface area (Å²) in [4.78, 5) is 7.70. The van der Waals surface area contributed by atoms with Crippen molar-refractivity contribution in [3.63, 3.8) is 0 Å². The van der Waals surface area contributed by atoms with Crippen LogP contribution in [0, 0.1) is 0 Å². The summed E-state index contributed by atoms with van der Waals surface area (Å²) in [5, 5.41) is 9.43. The van der Waals surface area contributed by atoms with Crippen LogP contribution < -0.4 is 0 Å². The number of aromatic nitrogens is 2. The number of imidazole rings is 1. The smallest absolute Gasteiger partial charge is 0.175 e. The van der Waals surface area contributed by atoms with Crippen LogP contribution in [0.1, 0.15) is 0 Å². The zero-order chi connectivity index (χ0) is 14.3. The van der Waals surface area contributed by atoms with Crippen LogP contribution >= 0.6 is 0 Å². The number of nitrogens with zero attached hydrogens (tertiary/aromatic N) is 1. The summed E-state index contributed by atoms with van der Waals surface area (Å²) in [5.74, 6) is 0.716. The second-order valence-electron chi connectivity index (χ2n) is 4.59. The van der Waals surface area contributed by atoms with E-state index < -0.39 is 9.84 Å². The molecule has 1 aromatic heterocycles. The minimum atomic E-state index is -3.25. The van der Waals surface area contributed by atoms with Gasteiger partial charge >= 0.3 is 0 Å². The van der Waals surface area contributed by atoms with Gasteiger partial charge in [-0.05, 0) is 24.3 Å². The first-order valence-corrected chi connectivity index (χ1v) is 7.82. The van der Waals surface area contributed by atoms with E-state index in [1.54, 1.807) is 42.5 Å². The van der Waals surface area contributed by atoms with Crippen molar-refractivity contribution in [2.75, 3.05) is 6.26 Å². The Labute approximate surface area is 115 Å². The van der Waals surface area contributed by atoms with Gasteiger partial charge in [0.05, 0.1) is 15.9 Å². The number of hydrogen-bond donors (Lipinski definition) is 2. The van der Waals surface area contributed by atoms with E-state index in [2.05, 4.69) is 9.97 Å². The number of phenolic OH excluding ortho intramolecular Hbond substituents is 1. The lowest BCUT2D eigenvalue weighted by atomic mass is 10.2. The third kappa shape index (κ3) is 2.25. The minimum absolute atomic E-state index is 0.151. The monoisotopic (exact) mass is 288 g/mol. The summed E-state index contributed by atoms with van der Waals surface area (Å²) in [5.41, 5.74) is 2.09. The van der Waals surface area contributed by atoms with E-state index in [0.29, 0.717) is 22.4 Å². The van der Waals surface area contributed by atoms with E-state index in [1.807, 2.05) is 0 Å². The van der Waals surface area contributed by atoms with E-state index in [1.165, 1.54) is 6.26 Å². The number of fused-ring (bicyclic) bond motifs is 1. The summed E-state index contributed by atoms with van der Waals surface area (Å²) >= 11 is 0. The third-order valence-electron chi connectivity index (χ3n) is 3.00. The fraction of sp³-hybridized carbons (Fsp3) is 0.0714. The molecule has 5 nitrogen and oxygen atoms in total. The lowest BCUT2D eigenvalue weighted by Gasteiger charge is -2.00. The number of rotatable bonds is 2. The number of benzene rings is 2. The van der Waals surface area contributed by atoms with Crippen molar-refractivity contribution in [2.45, 2.75) is 4.90 Å². The largest absolute Gasteiger partial charge is 0.508 e. The SMILES string of the molecule is CS(=O)(=O)c1cccc(-c2nc3ccc(O)cc3[nH]2)c1. The van der Waals surface area contributed by atoms with Crippen LogP contribution in [0.3, 0.4) is 0 Å². The molecule has 0 spiro atoms. The molecule has 2 aromatic carbocycles. The van der Waals surface area contributed by atoms with E-state index in [-0.39, 0.29) is 10.6 Å². The summed E-state index contributed by atoms with van der Waals surface area (Å²) in [7, 11) is -3.25. The number of sulfone groups is 1. The Morgan fingerprint density at radius 1 is 1.15 bits per heavy atom. The van der Waals surface area contributed by atoms with Crippen LogP contribution in [0.2, 0.25) is 0 Å². The average Bonchev–Trinajstić information content (AvgIpc) is 2.81. The molecule has 0 unspecified atom stereocenters. The van der Waals surface area contributed by atoms with Gasteiger partial charge in [-0.1, -0.05) is 12.1 Å². The number of aromatic amines is 1. The molecule has 3 aromatic rings. The lowest BCUT2D eigenvalue weighted by Crippen LogP contribution is -1.97. The minimum Gasteiger partial charge on any atom is -0.508 e. The highest BCUT2D eigenvalue weighted by Gasteiger charge is 2.10. The molecule has 3 rings (SSSR count). The second kappa shape index (κ2) is 4.35. The Morgan fingerprint density at radius 3 is 2.70 bits per heavy atom. The van der Waals surface area contributed by atoms with Crippen LogP contribution in [0.25, 0.3) is 22.4 Å². The highest BCUT2D eigenvalue weighted by atomic mass is 32.2. The fourth-order valence-corrected chi connectivity index (χ4v) is 2.68. The normalized spacial score (nSPS) is 11.8. The maximum Gasteiger partial charge on any atom is 0.175 e. The number of aromatic hydroxyl groups is 1. The van der Waals surface area contributed by atoms with Gasteiger partial charge in [-0.25, -0.2) is 13.4 Å². The van der Waals surface area contributed by atoms with E-state index in [0.717, 1.165) is 0 Å². The first kappa shape index (κ1) is 12.7. The standard InChI is InChI=1S/C14H12N2O3S/c1-20(18,19)11-4-2-3-9(7-11)14-15-12-6-5-10(17)8-13(12)16-14/h2-8,17H,1H3,(H,15,16). The van der Waals surface area contributed by atoms with Gasteiger partial charge in [0.1, 0.15) is 11.6 Å². The van der Waals surface area contributed by atoms with Crippen LogP contribution in [-0.4, -0.2) is 29.7 Å². The maximum atomic E-state index is 11.6. The number of phenols is 1. The molecule has 1 heterocycles. The van der Waals surface area contributed by atoms with E-state index in [9.17, 15) is 13.5 Å². The molecule has 0 radical (unpaired) electrons. The van der Waals surface area contributed by atoms with Gasteiger partial charge in [0.25, 0.3) is 0 Å². The van der Waals surface area contributed by atoms with Crippen molar-refractivity contribution < 1.29 is 13.5 Å².